The lowest BCUT2D eigenvalue weighted by Gasteiger charge is -2.32. The minimum Gasteiger partial charge on any atom is -0.425 e. The van der Waals surface area contributed by atoms with E-state index in [0.717, 1.165) is 25.1 Å². The molecule has 34 heavy (non-hydrogen) atoms. The fourth-order valence-electron chi connectivity index (χ4n) is 4.13. The topological polar surface area (TPSA) is 139 Å². The lowest BCUT2D eigenvalue weighted by Crippen LogP contribution is -2.27. The van der Waals surface area contributed by atoms with Gasteiger partial charge in [-0.1, -0.05) is 6.07 Å². The minimum atomic E-state index is -4.56. The van der Waals surface area contributed by atoms with Crippen LogP contribution in [0.5, 0.6) is 0 Å². The van der Waals surface area contributed by atoms with Gasteiger partial charge in [0.1, 0.15) is 23.0 Å². The van der Waals surface area contributed by atoms with Gasteiger partial charge in [-0.25, -0.2) is 9.67 Å². The monoisotopic (exact) mass is 470 g/mol. The van der Waals surface area contributed by atoms with Crippen LogP contribution in [0.15, 0.2) is 27.5 Å². The molecule has 0 unspecified atom stereocenters. The molecule has 1 aliphatic rings. The molecule has 5 rings (SSSR count). The number of halogens is 3. The molecule has 1 saturated carbocycles. The Labute approximate surface area is 189 Å². The van der Waals surface area contributed by atoms with Crippen molar-refractivity contribution in [3.05, 3.63) is 63.2 Å². The van der Waals surface area contributed by atoms with Gasteiger partial charge < -0.3 is 9.40 Å². The van der Waals surface area contributed by atoms with Gasteiger partial charge in [-0.15, -0.1) is 10.2 Å². The third-order valence-electron chi connectivity index (χ3n) is 6.10. The summed E-state index contributed by atoms with van der Waals surface area (Å²) in [5.74, 6) is 1.02. The summed E-state index contributed by atoms with van der Waals surface area (Å²) in [5.41, 5.74) is -1.09. The van der Waals surface area contributed by atoms with E-state index in [1.54, 1.807) is 13.8 Å². The van der Waals surface area contributed by atoms with E-state index in [2.05, 4.69) is 30.2 Å². The quantitative estimate of drug-likeness (QED) is 0.479. The Morgan fingerprint density at radius 3 is 2.59 bits per heavy atom. The first kappa shape index (κ1) is 21.7. The summed E-state index contributed by atoms with van der Waals surface area (Å²) in [6.07, 6.45) is -1.95. The van der Waals surface area contributed by atoms with Gasteiger partial charge >= 0.3 is 6.18 Å². The maximum atomic E-state index is 12.9. The zero-order valence-electron chi connectivity index (χ0n) is 18.0. The number of aryl methyl sites for hydroxylation is 1. The molecule has 3 atom stereocenters. The SMILES string of the molecule is Cc1nnc([C@H]2CC[C@H]2c2nc3c(c(C#N)nn3[C@@H](C)c3ccc(C(F)(F)F)nc3)c(=O)[nH]2)o1. The Hall–Kier alpha value is -4.08. The highest BCUT2D eigenvalue weighted by Crippen LogP contribution is 2.47. The first-order valence-electron chi connectivity index (χ1n) is 10.4. The molecule has 1 fully saturated rings. The molecule has 1 N–H and O–H groups in total. The molecule has 0 radical (unpaired) electrons. The van der Waals surface area contributed by atoms with Crippen LogP contribution in [-0.2, 0) is 6.18 Å². The zero-order chi connectivity index (χ0) is 24.2. The van der Waals surface area contributed by atoms with E-state index in [0.29, 0.717) is 23.2 Å². The van der Waals surface area contributed by atoms with E-state index in [-0.39, 0.29) is 28.6 Å². The third-order valence-corrected chi connectivity index (χ3v) is 6.10. The highest BCUT2D eigenvalue weighted by molar-refractivity contribution is 5.80. The second kappa shape index (κ2) is 7.75. The number of alkyl halides is 3. The number of nitrogens with one attached hydrogen (secondary N) is 1. The van der Waals surface area contributed by atoms with Gasteiger partial charge in [0, 0.05) is 25.0 Å². The van der Waals surface area contributed by atoms with Gasteiger partial charge in [-0.05, 0) is 31.4 Å². The van der Waals surface area contributed by atoms with Gasteiger partial charge in [0.25, 0.3) is 5.56 Å². The number of pyridine rings is 1. The molecule has 0 aromatic carbocycles. The highest BCUT2D eigenvalue weighted by Gasteiger charge is 2.39. The van der Waals surface area contributed by atoms with Crippen molar-refractivity contribution in [2.45, 2.75) is 50.7 Å². The average molecular weight is 470 g/mol. The predicted octanol–water partition coefficient (Wildman–Crippen LogP) is 3.37. The normalized spacial score (nSPS) is 19.1. The smallest absolute Gasteiger partial charge is 0.425 e. The van der Waals surface area contributed by atoms with Crippen molar-refractivity contribution < 1.29 is 17.6 Å². The van der Waals surface area contributed by atoms with Crippen LogP contribution in [0.2, 0.25) is 0 Å². The largest absolute Gasteiger partial charge is 0.433 e. The molecule has 0 aliphatic heterocycles. The summed E-state index contributed by atoms with van der Waals surface area (Å²) < 4.78 is 45.5. The standard InChI is InChI=1S/C21H17F3N8O2/c1-9(11-3-6-15(26-8-11)21(22,23)24)32-18-16(14(7-25)31-32)19(33)28-17(27-18)12-4-5-13(12)20-30-29-10(2)34-20/h3,6,8-9,12-13H,4-5H2,1-2H3,(H,27,28,33)/t9-,12+,13-/m0/s1. The maximum Gasteiger partial charge on any atom is 0.433 e. The van der Waals surface area contributed by atoms with Crippen LogP contribution in [0.25, 0.3) is 11.0 Å². The lowest BCUT2D eigenvalue weighted by atomic mass is 9.73. The molecular formula is C21H17F3N8O2. The Morgan fingerprint density at radius 2 is 2.03 bits per heavy atom. The van der Waals surface area contributed by atoms with Crippen LogP contribution in [0, 0.1) is 18.3 Å². The number of H-pyrrole nitrogens is 1. The van der Waals surface area contributed by atoms with E-state index in [4.69, 9.17) is 4.42 Å². The molecule has 0 saturated heterocycles. The Bertz CT molecular complexity index is 1480. The van der Waals surface area contributed by atoms with Crippen LogP contribution in [0.4, 0.5) is 13.2 Å². The molecule has 4 aromatic heterocycles. The van der Waals surface area contributed by atoms with Crippen molar-refractivity contribution >= 4 is 11.0 Å². The summed E-state index contributed by atoms with van der Waals surface area (Å²) in [6, 6.07) is 3.41. The molecule has 1 aliphatic carbocycles. The Kier molecular flexibility index (Phi) is 4.96. The number of aromatic amines is 1. The Balaban J connectivity index is 1.57. The van der Waals surface area contributed by atoms with E-state index in [1.807, 2.05) is 6.07 Å². The van der Waals surface area contributed by atoms with Crippen LogP contribution < -0.4 is 5.56 Å². The summed E-state index contributed by atoms with van der Waals surface area (Å²) in [6.45, 7) is 3.36. The van der Waals surface area contributed by atoms with Crippen molar-refractivity contribution in [2.24, 2.45) is 0 Å². The minimum absolute atomic E-state index is 0.0162. The van der Waals surface area contributed by atoms with Crippen LogP contribution in [0.3, 0.4) is 0 Å². The number of nitriles is 1. The average Bonchev–Trinajstić information content (AvgIpc) is 3.35. The van der Waals surface area contributed by atoms with Gasteiger partial charge in [0.15, 0.2) is 11.3 Å². The van der Waals surface area contributed by atoms with Crippen molar-refractivity contribution in [2.75, 3.05) is 0 Å². The number of fused-ring (bicyclic) bond motifs is 1. The first-order chi connectivity index (χ1) is 16.2. The number of rotatable bonds is 4. The summed E-state index contributed by atoms with van der Waals surface area (Å²) in [7, 11) is 0. The molecule has 174 valence electrons. The second-order valence-electron chi connectivity index (χ2n) is 8.15. The number of nitrogens with zero attached hydrogens (tertiary/aromatic N) is 7. The summed E-state index contributed by atoms with van der Waals surface area (Å²) >= 11 is 0. The van der Waals surface area contributed by atoms with E-state index >= 15 is 0 Å². The third kappa shape index (κ3) is 3.51. The van der Waals surface area contributed by atoms with Gasteiger partial charge in [0.05, 0.1) is 6.04 Å². The van der Waals surface area contributed by atoms with E-state index < -0.39 is 23.5 Å². The predicted molar refractivity (Wildman–Crippen MR) is 110 cm³/mol. The number of aromatic nitrogens is 7. The Morgan fingerprint density at radius 1 is 1.26 bits per heavy atom. The lowest BCUT2D eigenvalue weighted by molar-refractivity contribution is -0.141. The molecule has 4 aromatic rings. The fourth-order valence-corrected chi connectivity index (χ4v) is 4.13. The number of hydrogen-bond donors (Lipinski definition) is 1. The van der Waals surface area contributed by atoms with Crippen LogP contribution >= 0.6 is 0 Å². The van der Waals surface area contributed by atoms with Gasteiger partial charge in [-0.3, -0.25) is 9.78 Å². The van der Waals surface area contributed by atoms with Crippen molar-refractivity contribution in [1.29, 1.82) is 5.26 Å². The molecule has 0 bridgehead atoms. The van der Waals surface area contributed by atoms with Crippen molar-refractivity contribution in [3.63, 3.8) is 0 Å². The highest BCUT2D eigenvalue weighted by atomic mass is 19.4. The zero-order valence-corrected chi connectivity index (χ0v) is 18.0. The fraction of sp³-hybridized carbons (Fsp3) is 0.381. The van der Waals surface area contributed by atoms with E-state index in [1.165, 1.54) is 10.7 Å². The van der Waals surface area contributed by atoms with Crippen LogP contribution in [0.1, 0.15) is 72.2 Å². The molecule has 4 heterocycles. The van der Waals surface area contributed by atoms with Gasteiger partial charge in [0.2, 0.25) is 11.8 Å². The second-order valence-corrected chi connectivity index (χ2v) is 8.15. The summed E-state index contributed by atoms with van der Waals surface area (Å²) in [4.78, 5) is 23.8. The van der Waals surface area contributed by atoms with Gasteiger partial charge in [-0.2, -0.15) is 23.5 Å². The van der Waals surface area contributed by atoms with Crippen molar-refractivity contribution in [3.8, 4) is 6.07 Å². The molecule has 0 spiro atoms. The molecule has 13 heteroatoms. The van der Waals surface area contributed by atoms with Crippen LogP contribution in [-0.4, -0.2) is 34.9 Å². The maximum absolute atomic E-state index is 12.9. The molecular weight excluding hydrogens is 453 g/mol. The molecule has 10 nitrogen and oxygen atoms in total. The van der Waals surface area contributed by atoms with Crippen molar-refractivity contribution in [1.82, 2.24) is 34.9 Å². The molecule has 0 amide bonds. The summed E-state index contributed by atoms with van der Waals surface area (Å²) in [5, 5.41) is 21.7. The first-order valence-corrected chi connectivity index (χ1v) is 10.4. The van der Waals surface area contributed by atoms with E-state index in [9.17, 15) is 23.2 Å². The number of hydrogen-bond acceptors (Lipinski definition) is 8.